The molecule has 0 aromatic heterocycles. The Morgan fingerprint density at radius 3 is 2.31 bits per heavy atom. The molecule has 3 amide bonds. The predicted molar refractivity (Wildman–Crippen MR) is 141 cm³/mol. The van der Waals surface area contributed by atoms with E-state index in [0.29, 0.717) is 30.1 Å². The number of hydrogen-bond donors (Lipinski definition) is 2. The lowest BCUT2D eigenvalue weighted by Crippen LogP contribution is -2.64. The zero-order valence-electron chi connectivity index (χ0n) is 20.2. The van der Waals surface area contributed by atoms with Gasteiger partial charge in [-0.05, 0) is 48.9 Å². The monoisotopic (exact) mass is 530 g/mol. The predicted octanol–water partition coefficient (Wildman–Crippen LogP) is 4.04. The van der Waals surface area contributed by atoms with Crippen molar-refractivity contribution in [2.45, 2.75) is 44.2 Å². The second kappa shape index (κ2) is 12.1. The van der Waals surface area contributed by atoms with Crippen LogP contribution in [-0.2, 0) is 9.59 Å². The minimum absolute atomic E-state index is 0.118. The SMILES string of the molecule is NCCNC(=O)C1N(C(=O)c2ccc(Cl)c(Cl)c2)CCCN1C(=O)C(c1ccccc1)C1CCCC1. The second-order valence-corrected chi connectivity index (χ2v) is 10.2. The summed E-state index contributed by atoms with van der Waals surface area (Å²) in [6, 6.07) is 14.4. The Labute approximate surface area is 221 Å². The molecular weight excluding hydrogens is 499 g/mol. The molecular formula is C27H32Cl2N4O3. The number of rotatable bonds is 7. The molecule has 7 nitrogen and oxygen atoms in total. The van der Waals surface area contributed by atoms with Gasteiger partial charge in [0, 0.05) is 31.7 Å². The minimum atomic E-state index is -1.08. The van der Waals surface area contributed by atoms with Crippen LogP contribution in [0.4, 0.5) is 0 Å². The Kier molecular flexibility index (Phi) is 8.88. The van der Waals surface area contributed by atoms with Crippen LogP contribution in [0.3, 0.4) is 0 Å². The highest BCUT2D eigenvalue weighted by atomic mass is 35.5. The molecule has 0 spiro atoms. The van der Waals surface area contributed by atoms with Gasteiger partial charge in [-0.2, -0.15) is 0 Å². The van der Waals surface area contributed by atoms with Crippen molar-refractivity contribution in [3.05, 3.63) is 69.7 Å². The Balaban J connectivity index is 1.69. The third-order valence-electron chi connectivity index (χ3n) is 7.07. The van der Waals surface area contributed by atoms with Gasteiger partial charge in [0.05, 0.1) is 16.0 Å². The molecule has 0 bridgehead atoms. The highest BCUT2D eigenvalue weighted by Gasteiger charge is 2.44. The van der Waals surface area contributed by atoms with E-state index in [1.165, 1.54) is 11.0 Å². The van der Waals surface area contributed by atoms with Crippen LogP contribution >= 0.6 is 23.2 Å². The number of benzene rings is 2. The largest absolute Gasteiger partial charge is 0.351 e. The smallest absolute Gasteiger partial charge is 0.263 e. The van der Waals surface area contributed by atoms with Crippen LogP contribution in [0.5, 0.6) is 0 Å². The summed E-state index contributed by atoms with van der Waals surface area (Å²) in [5.41, 5.74) is 6.88. The normalized spacial score (nSPS) is 19.2. The molecule has 2 fully saturated rings. The Hall–Kier alpha value is -2.61. The van der Waals surface area contributed by atoms with Crippen molar-refractivity contribution in [3.8, 4) is 0 Å². The molecule has 0 radical (unpaired) electrons. The van der Waals surface area contributed by atoms with Crippen molar-refractivity contribution in [1.29, 1.82) is 0 Å². The fraction of sp³-hybridized carbons (Fsp3) is 0.444. The molecule has 9 heteroatoms. The number of amides is 3. The van der Waals surface area contributed by atoms with Crippen molar-refractivity contribution in [3.63, 3.8) is 0 Å². The van der Waals surface area contributed by atoms with Gasteiger partial charge in [0.1, 0.15) is 0 Å². The Morgan fingerprint density at radius 1 is 0.944 bits per heavy atom. The van der Waals surface area contributed by atoms with E-state index in [1.807, 2.05) is 30.3 Å². The van der Waals surface area contributed by atoms with E-state index in [-0.39, 0.29) is 41.8 Å². The first-order chi connectivity index (χ1) is 17.4. The average Bonchev–Trinajstić information content (AvgIpc) is 3.43. The average molecular weight is 531 g/mol. The number of carbonyl (C=O) groups is 3. The maximum atomic E-state index is 14.2. The highest BCUT2D eigenvalue weighted by Crippen LogP contribution is 2.39. The van der Waals surface area contributed by atoms with E-state index in [4.69, 9.17) is 28.9 Å². The molecule has 2 aromatic carbocycles. The first-order valence-corrected chi connectivity index (χ1v) is 13.3. The van der Waals surface area contributed by atoms with E-state index in [0.717, 1.165) is 31.2 Å². The standard InChI is InChI=1S/C27H32Cl2N4O3/c28-21-12-11-20(17-22(21)29)26(35)32-15-6-16-33(25(32)24(34)31-14-13-30)27(36)23(19-9-4-5-10-19)18-7-2-1-3-8-18/h1-3,7-8,11-12,17,19,23,25H,4-6,9-10,13-16,30H2,(H,31,34). The van der Waals surface area contributed by atoms with Gasteiger partial charge in [-0.25, -0.2) is 0 Å². The molecule has 192 valence electrons. The van der Waals surface area contributed by atoms with Crippen LogP contribution in [0.2, 0.25) is 10.0 Å². The van der Waals surface area contributed by atoms with Crippen molar-refractivity contribution in [1.82, 2.24) is 15.1 Å². The molecule has 1 saturated carbocycles. The number of halogens is 2. The summed E-state index contributed by atoms with van der Waals surface area (Å²) in [4.78, 5) is 44.3. The van der Waals surface area contributed by atoms with Crippen LogP contribution in [0, 0.1) is 5.92 Å². The van der Waals surface area contributed by atoms with Crippen LogP contribution in [0.1, 0.15) is 53.9 Å². The van der Waals surface area contributed by atoms with Crippen LogP contribution in [0.25, 0.3) is 0 Å². The van der Waals surface area contributed by atoms with Gasteiger partial charge in [0.2, 0.25) is 5.91 Å². The van der Waals surface area contributed by atoms with E-state index in [9.17, 15) is 14.4 Å². The van der Waals surface area contributed by atoms with Crippen molar-refractivity contribution in [2.24, 2.45) is 11.7 Å². The van der Waals surface area contributed by atoms with E-state index in [1.54, 1.807) is 17.0 Å². The molecule has 1 aliphatic carbocycles. The lowest BCUT2D eigenvalue weighted by Gasteiger charge is -2.44. The highest BCUT2D eigenvalue weighted by molar-refractivity contribution is 6.42. The number of nitrogens with two attached hydrogens (primary N) is 1. The quantitative estimate of drug-likeness (QED) is 0.564. The molecule has 2 unspecified atom stereocenters. The zero-order valence-corrected chi connectivity index (χ0v) is 21.7. The molecule has 2 aliphatic rings. The number of nitrogens with zero attached hydrogens (tertiary/aromatic N) is 2. The minimum Gasteiger partial charge on any atom is -0.351 e. The van der Waals surface area contributed by atoms with Gasteiger partial charge in [-0.3, -0.25) is 14.4 Å². The van der Waals surface area contributed by atoms with Crippen molar-refractivity contribution in [2.75, 3.05) is 26.2 Å². The molecule has 1 heterocycles. The summed E-state index contributed by atoms with van der Waals surface area (Å²) in [6.45, 7) is 1.22. The van der Waals surface area contributed by atoms with E-state index < -0.39 is 12.1 Å². The van der Waals surface area contributed by atoms with Gasteiger partial charge in [0.25, 0.3) is 11.8 Å². The molecule has 1 aliphatic heterocycles. The first-order valence-electron chi connectivity index (χ1n) is 12.5. The van der Waals surface area contributed by atoms with Gasteiger partial charge < -0.3 is 20.9 Å². The lowest BCUT2D eigenvalue weighted by atomic mass is 9.83. The summed E-state index contributed by atoms with van der Waals surface area (Å²) >= 11 is 12.2. The summed E-state index contributed by atoms with van der Waals surface area (Å²) in [6.07, 6.45) is 3.59. The van der Waals surface area contributed by atoms with Gasteiger partial charge in [-0.15, -0.1) is 0 Å². The number of hydrogen-bond acceptors (Lipinski definition) is 4. The maximum Gasteiger partial charge on any atom is 0.263 e. The maximum absolute atomic E-state index is 14.2. The topological polar surface area (TPSA) is 95.7 Å². The van der Waals surface area contributed by atoms with Crippen LogP contribution < -0.4 is 11.1 Å². The summed E-state index contributed by atoms with van der Waals surface area (Å²) in [5, 5.41) is 3.38. The Bertz CT molecular complexity index is 1090. The summed E-state index contributed by atoms with van der Waals surface area (Å²) in [5.74, 6) is -1.07. The molecule has 4 rings (SSSR count). The van der Waals surface area contributed by atoms with Crippen molar-refractivity contribution < 1.29 is 14.4 Å². The number of nitrogens with one attached hydrogen (secondary N) is 1. The van der Waals surface area contributed by atoms with Crippen molar-refractivity contribution >= 4 is 40.9 Å². The Morgan fingerprint density at radius 2 is 1.64 bits per heavy atom. The van der Waals surface area contributed by atoms with E-state index >= 15 is 0 Å². The molecule has 1 saturated heterocycles. The molecule has 2 aromatic rings. The summed E-state index contributed by atoms with van der Waals surface area (Å²) in [7, 11) is 0. The third kappa shape index (κ3) is 5.69. The summed E-state index contributed by atoms with van der Waals surface area (Å²) < 4.78 is 0. The fourth-order valence-electron chi connectivity index (χ4n) is 5.38. The second-order valence-electron chi connectivity index (χ2n) is 9.40. The first kappa shape index (κ1) is 26.5. The third-order valence-corrected chi connectivity index (χ3v) is 7.81. The van der Waals surface area contributed by atoms with E-state index in [2.05, 4.69) is 5.32 Å². The van der Waals surface area contributed by atoms with Crippen LogP contribution in [0.15, 0.2) is 48.5 Å². The zero-order chi connectivity index (χ0) is 25.7. The molecule has 2 atom stereocenters. The van der Waals surface area contributed by atoms with Gasteiger partial charge in [0.15, 0.2) is 6.17 Å². The lowest BCUT2D eigenvalue weighted by molar-refractivity contribution is -0.151. The fourth-order valence-corrected chi connectivity index (χ4v) is 5.68. The molecule has 3 N–H and O–H groups in total. The van der Waals surface area contributed by atoms with Crippen LogP contribution in [-0.4, -0.2) is 59.9 Å². The molecule has 36 heavy (non-hydrogen) atoms. The number of carbonyl (C=O) groups excluding carboxylic acids is 3. The van der Waals surface area contributed by atoms with Gasteiger partial charge in [-0.1, -0.05) is 66.4 Å². The van der Waals surface area contributed by atoms with Gasteiger partial charge >= 0.3 is 0 Å².